The lowest BCUT2D eigenvalue weighted by Crippen LogP contribution is -2.23. The Balaban J connectivity index is 1.83. The molecular formula is C19H20N2O4S. The van der Waals surface area contributed by atoms with E-state index < -0.39 is 10.0 Å². The summed E-state index contributed by atoms with van der Waals surface area (Å²) in [6.45, 7) is 3.69. The minimum absolute atomic E-state index is 0.124. The van der Waals surface area contributed by atoms with Gasteiger partial charge in [0.05, 0.1) is 12.0 Å². The number of rotatable bonds is 5. The zero-order chi connectivity index (χ0) is 18.9. The third kappa shape index (κ3) is 3.63. The number of hydrogen-bond acceptors (Lipinski definition) is 4. The van der Waals surface area contributed by atoms with E-state index in [-0.39, 0.29) is 17.0 Å². The maximum atomic E-state index is 12.5. The molecule has 3 aromatic rings. The summed E-state index contributed by atoms with van der Waals surface area (Å²) < 4.78 is 32.8. The lowest BCUT2D eigenvalue weighted by atomic mass is 10.1. The lowest BCUT2D eigenvalue weighted by molar-refractivity contribution is 0.411. The van der Waals surface area contributed by atoms with Gasteiger partial charge in [0.15, 0.2) is 0 Å². The smallest absolute Gasteiger partial charge is 0.251 e. The highest BCUT2D eigenvalue weighted by Crippen LogP contribution is 2.21. The molecule has 0 aliphatic heterocycles. The van der Waals surface area contributed by atoms with Gasteiger partial charge in [-0.1, -0.05) is 6.07 Å². The lowest BCUT2D eigenvalue weighted by Gasteiger charge is -2.10. The fraction of sp³-hybridized carbons (Fsp3) is 0.211. The monoisotopic (exact) mass is 372 g/mol. The first-order valence-corrected chi connectivity index (χ1v) is 9.55. The zero-order valence-corrected chi connectivity index (χ0v) is 15.6. The summed E-state index contributed by atoms with van der Waals surface area (Å²) in [5, 5.41) is 0.860. The highest BCUT2D eigenvalue weighted by molar-refractivity contribution is 7.89. The van der Waals surface area contributed by atoms with Crippen LogP contribution in [0.4, 0.5) is 0 Å². The van der Waals surface area contributed by atoms with Crippen LogP contribution < -0.4 is 15.0 Å². The van der Waals surface area contributed by atoms with E-state index in [9.17, 15) is 13.2 Å². The van der Waals surface area contributed by atoms with Crippen molar-refractivity contribution >= 4 is 20.9 Å². The van der Waals surface area contributed by atoms with Crippen LogP contribution in [0.1, 0.15) is 16.7 Å². The molecule has 1 aromatic heterocycles. The summed E-state index contributed by atoms with van der Waals surface area (Å²) in [4.78, 5) is 14.6. The van der Waals surface area contributed by atoms with E-state index in [2.05, 4.69) is 9.71 Å². The molecule has 7 heteroatoms. The SMILES string of the molecule is COc1ccc(S(=O)(=O)NCc2ccc3[nH]c(=O)c(C)cc3c2)cc1C. The van der Waals surface area contributed by atoms with Crippen LogP contribution >= 0.6 is 0 Å². The molecule has 0 unspecified atom stereocenters. The van der Waals surface area contributed by atoms with Crippen LogP contribution in [-0.2, 0) is 16.6 Å². The number of fused-ring (bicyclic) bond motifs is 1. The van der Waals surface area contributed by atoms with Crippen LogP contribution in [0.3, 0.4) is 0 Å². The van der Waals surface area contributed by atoms with E-state index in [1.54, 1.807) is 51.3 Å². The second-order valence-corrected chi connectivity index (χ2v) is 7.93. The minimum atomic E-state index is -3.64. The molecule has 0 fully saturated rings. The van der Waals surface area contributed by atoms with E-state index in [1.807, 2.05) is 6.07 Å². The molecule has 26 heavy (non-hydrogen) atoms. The third-order valence-corrected chi connectivity index (χ3v) is 5.64. The highest BCUT2D eigenvalue weighted by atomic mass is 32.2. The van der Waals surface area contributed by atoms with Crippen LogP contribution in [0.5, 0.6) is 5.75 Å². The first-order valence-electron chi connectivity index (χ1n) is 8.07. The fourth-order valence-electron chi connectivity index (χ4n) is 2.75. The van der Waals surface area contributed by atoms with Gasteiger partial charge in [-0.25, -0.2) is 13.1 Å². The average Bonchev–Trinajstić information content (AvgIpc) is 2.61. The number of methoxy groups -OCH3 is 1. The first kappa shape index (κ1) is 18.2. The third-order valence-electron chi connectivity index (χ3n) is 4.24. The molecule has 0 amide bonds. The Morgan fingerprint density at radius 3 is 2.50 bits per heavy atom. The topological polar surface area (TPSA) is 88.3 Å². The molecular weight excluding hydrogens is 352 g/mol. The molecule has 0 radical (unpaired) electrons. The van der Waals surface area contributed by atoms with Crippen molar-refractivity contribution in [2.45, 2.75) is 25.3 Å². The Labute approximate surface area is 151 Å². The van der Waals surface area contributed by atoms with Crippen LogP contribution in [0, 0.1) is 13.8 Å². The fourth-order valence-corrected chi connectivity index (χ4v) is 3.86. The molecule has 3 rings (SSSR count). The summed E-state index contributed by atoms with van der Waals surface area (Å²) in [6, 6.07) is 11.9. The van der Waals surface area contributed by atoms with Gasteiger partial charge in [-0.2, -0.15) is 0 Å². The zero-order valence-electron chi connectivity index (χ0n) is 14.8. The number of aryl methyl sites for hydroxylation is 2. The maximum Gasteiger partial charge on any atom is 0.251 e. The van der Waals surface area contributed by atoms with Gasteiger partial charge in [-0.05, 0) is 66.8 Å². The number of hydrogen-bond donors (Lipinski definition) is 2. The van der Waals surface area contributed by atoms with Gasteiger partial charge in [0.1, 0.15) is 5.75 Å². The Morgan fingerprint density at radius 1 is 1.04 bits per heavy atom. The van der Waals surface area contributed by atoms with E-state index in [0.29, 0.717) is 11.3 Å². The van der Waals surface area contributed by atoms with Crippen molar-refractivity contribution in [1.29, 1.82) is 0 Å². The first-order chi connectivity index (χ1) is 12.3. The number of H-pyrrole nitrogens is 1. The predicted octanol–water partition coefficient (Wildman–Crippen LogP) is 2.63. The second kappa shape index (κ2) is 6.93. The number of ether oxygens (including phenoxy) is 1. The molecule has 0 saturated heterocycles. The van der Waals surface area contributed by atoms with Crippen molar-refractivity contribution in [3.05, 3.63) is 69.5 Å². The van der Waals surface area contributed by atoms with Gasteiger partial charge in [0.2, 0.25) is 10.0 Å². The number of sulfonamides is 1. The summed E-state index contributed by atoms with van der Waals surface area (Å²) in [5.41, 5.74) is 2.76. The van der Waals surface area contributed by atoms with Crippen molar-refractivity contribution in [2.24, 2.45) is 0 Å². The molecule has 2 N–H and O–H groups in total. The molecule has 0 spiro atoms. The Morgan fingerprint density at radius 2 is 1.81 bits per heavy atom. The number of nitrogens with one attached hydrogen (secondary N) is 2. The van der Waals surface area contributed by atoms with E-state index in [0.717, 1.165) is 22.0 Å². The van der Waals surface area contributed by atoms with Crippen LogP contribution in [0.15, 0.2) is 52.2 Å². The molecule has 0 aliphatic rings. The number of benzene rings is 2. The summed E-state index contributed by atoms with van der Waals surface area (Å²) in [6.07, 6.45) is 0. The van der Waals surface area contributed by atoms with Crippen molar-refractivity contribution < 1.29 is 13.2 Å². The second-order valence-electron chi connectivity index (χ2n) is 6.16. The van der Waals surface area contributed by atoms with Crippen molar-refractivity contribution in [3.63, 3.8) is 0 Å². The molecule has 0 atom stereocenters. The van der Waals surface area contributed by atoms with E-state index >= 15 is 0 Å². The van der Waals surface area contributed by atoms with Gasteiger partial charge in [-0.3, -0.25) is 4.79 Å². The molecule has 1 heterocycles. The molecule has 0 saturated carbocycles. The van der Waals surface area contributed by atoms with Gasteiger partial charge in [0.25, 0.3) is 5.56 Å². The molecule has 6 nitrogen and oxygen atoms in total. The quantitative estimate of drug-likeness (QED) is 0.721. The number of aromatic amines is 1. The Bertz CT molecular complexity index is 1130. The van der Waals surface area contributed by atoms with Crippen molar-refractivity contribution in [3.8, 4) is 5.75 Å². The predicted molar refractivity (Wildman–Crippen MR) is 101 cm³/mol. The molecule has 0 aliphatic carbocycles. The summed E-state index contributed by atoms with van der Waals surface area (Å²) >= 11 is 0. The largest absolute Gasteiger partial charge is 0.496 e. The van der Waals surface area contributed by atoms with Crippen LogP contribution in [-0.4, -0.2) is 20.5 Å². The standard InChI is InChI=1S/C19H20N2O4S/c1-12-9-16(5-7-18(12)25-3)26(23,24)20-11-14-4-6-17-15(10-14)8-13(2)19(22)21-17/h4-10,20H,11H2,1-3H3,(H,21,22). The summed E-state index contributed by atoms with van der Waals surface area (Å²) in [5.74, 6) is 0.642. The van der Waals surface area contributed by atoms with Gasteiger partial charge in [0, 0.05) is 17.6 Å². The van der Waals surface area contributed by atoms with Gasteiger partial charge >= 0.3 is 0 Å². The van der Waals surface area contributed by atoms with Gasteiger partial charge in [-0.15, -0.1) is 0 Å². The molecule has 2 aromatic carbocycles. The Kier molecular flexibility index (Phi) is 4.84. The normalized spacial score (nSPS) is 11.7. The van der Waals surface area contributed by atoms with E-state index in [4.69, 9.17) is 4.74 Å². The minimum Gasteiger partial charge on any atom is -0.496 e. The van der Waals surface area contributed by atoms with Crippen molar-refractivity contribution in [2.75, 3.05) is 7.11 Å². The number of aromatic nitrogens is 1. The van der Waals surface area contributed by atoms with Gasteiger partial charge < -0.3 is 9.72 Å². The van der Waals surface area contributed by atoms with Crippen LogP contribution in [0.25, 0.3) is 10.9 Å². The number of pyridine rings is 1. The molecule has 136 valence electrons. The van der Waals surface area contributed by atoms with E-state index in [1.165, 1.54) is 6.07 Å². The molecule has 0 bridgehead atoms. The summed E-state index contributed by atoms with van der Waals surface area (Å²) in [7, 11) is -2.09. The van der Waals surface area contributed by atoms with Crippen molar-refractivity contribution in [1.82, 2.24) is 9.71 Å². The highest BCUT2D eigenvalue weighted by Gasteiger charge is 2.15. The van der Waals surface area contributed by atoms with Crippen LogP contribution in [0.2, 0.25) is 0 Å². The average molecular weight is 372 g/mol. The Hall–Kier alpha value is -2.64. The maximum absolute atomic E-state index is 12.5.